The summed E-state index contributed by atoms with van der Waals surface area (Å²) in [7, 11) is 0. The molecule has 198 valence electrons. The fraction of sp³-hybridized carbons (Fsp3) is 0.500. The molecule has 3 rings (SSSR count). The molecule has 1 saturated heterocycles. The Morgan fingerprint density at radius 3 is 2.95 bits per heavy atom. The smallest absolute Gasteiger partial charge is 0.328 e. The van der Waals surface area contributed by atoms with Gasteiger partial charge in [-0.05, 0) is 49.3 Å². The Kier molecular flexibility index (Phi) is 11.5. The first kappa shape index (κ1) is 28.2. The molecule has 0 aliphatic carbocycles. The number of amides is 2. The Hall–Kier alpha value is -3.36. The summed E-state index contributed by atoms with van der Waals surface area (Å²) in [6, 6.07) is 8.40. The zero-order valence-corrected chi connectivity index (χ0v) is 21.9. The highest BCUT2D eigenvalue weighted by molar-refractivity contribution is 7.98. The monoisotopic (exact) mass is 526 g/mol. The fourth-order valence-electron chi connectivity index (χ4n) is 4.25. The molecule has 1 fully saturated rings. The molecule has 37 heavy (non-hydrogen) atoms. The van der Waals surface area contributed by atoms with Gasteiger partial charge in [-0.2, -0.15) is 17.0 Å². The second-order valence-electron chi connectivity index (χ2n) is 8.86. The van der Waals surface area contributed by atoms with Gasteiger partial charge in [-0.15, -0.1) is 0 Å². The van der Waals surface area contributed by atoms with Gasteiger partial charge in [-0.25, -0.2) is 9.78 Å². The molecule has 0 spiro atoms. The van der Waals surface area contributed by atoms with Crippen molar-refractivity contribution in [3.05, 3.63) is 53.6 Å². The summed E-state index contributed by atoms with van der Waals surface area (Å²) in [5, 5.41) is 15.0. The van der Waals surface area contributed by atoms with E-state index in [2.05, 4.69) is 26.7 Å². The standard InChI is InChI=1S/C26H34N6O4S/c1-37-12-10-23(31-24(33)16-28-14-20-6-3-2-5-19(20)13-27)26(35)36-17-22-7-4-11-32(22)25(34)9-8-21-15-29-18-30-21/h2-3,5-6,15,18,22-23,28H,4,7-12,14,16-17H2,1H3,(H,29,30)(H,31,33)/t22-,23?/m0/s1. The van der Waals surface area contributed by atoms with E-state index in [1.165, 1.54) is 0 Å². The number of hydrogen-bond acceptors (Lipinski definition) is 8. The summed E-state index contributed by atoms with van der Waals surface area (Å²) >= 11 is 1.58. The van der Waals surface area contributed by atoms with Crippen LogP contribution in [0.1, 0.15) is 42.5 Å². The lowest BCUT2D eigenvalue weighted by Gasteiger charge is -2.25. The van der Waals surface area contributed by atoms with Gasteiger partial charge in [0.15, 0.2) is 0 Å². The molecular weight excluding hydrogens is 492 g/mol. The number of aryl methyl sites for hydroxylation is 1. The molecule has 1 aliphatic heterocycles. The summed E-state index contributed by atoms with van der Waals surface area (Å²) < 4.78 is 5.59. The summed E-state index contributed by atoms with van der Waals surface area (Å²) in [4.78, 5) is 46.9. The van der Waals surface area contributed by atoms with E-state index in [4.69, 9.17) is 4.74 Å². The Balaban J connectivity index is 1.46. The molecule has 1 aliphatic rings. The van der Waals surface area contributed by atoms with Crippen LogP contribution in [0, 0.1) is 11.3 Å². The number of carbonyl (C=O) groups is 3. The number of nitrogens with zero attached hydrogens (tertiary/aromatic N) is 3. The van der Waals surface area contributed by atoms with Gasteiger partial charge in [-0.3, -0.25) is 9.59 Å². The molecule has 1 unspecified atom stereocenters. The van der Waals surface area contributed by atoms with Crippen LogP contribution < -0.4 is 10.6 Å². The number of aromatic amines is 1. The van der Waals surface area contributed by atoms with Crippen LogP contribution in [-0.2, 0) is 32.1 Å². The number of rotatable bonds is 14. The quantitative estimate of drug-likeness (QED) is 0.317. The van der Waals surface area contributed by atoms with Crippen LogP contribution in [0.2, 0.25) is 0 Å². The van der Waals surface area contributed by atoms with Crippen molar-refractivity contribution in [2.75, 3.05) is 31.7 Å². The summed E-state index contributed by atoms with van der Waals surface area (Å²) in [6.07, 6.45) is 8.27. The maximum Gasteiger partial charge on any atom is 0.328 e. The van der Waals surface area contributed by atoms with Crippen molar-refractivity contribution < 1.29 is 19.1 Å². The Labute approximate surface area is 221 Å². The van der Waals surface area contributed by atoms with Crippen LogP contribution in [0.15, 0.2) is 36.8 Å². The Morgan fingerprint density at radius 2 is 2.19 bits per heavy atom. The van der Waals surface area contributed by atoms with E-state index in [9.17, 15) is 19.6 Å². The molecule has 1 aromatic heterocycles. The van der Waals surface area contributed by atoms with Crippen LogP contribution in [0.25, 0.3) is 0 Å². The molecule has 3 N–H and O–H groups in total. The number of benzene rings is 1. The minimum atomic E-state index is -0.765. The molecule has 1 aromatic carbocycles. The van der Waals surface area contributed by atoms with E-state index < -0.39 is 12.0 Å². The second kappa shape index (κ2) is 15.0. The van der Waals surface area contributed by atoms with Crippen molar-refractivity contribution in [3.63, 3.8) is 0 Å². The average molecular weight is 527 g/mol. The van der Waals surface area contributed by atoms with E-state index in [1.54, 1.807) is 41.3 Å². The molecule has 0 saturated carbocycles. The van der Waals surface area contributed by atoms with Crippen LogP contribution in [0.3, 0.4) is 0 Å². The van der Waals surface area contributed by atoms with E-state index >= 15 is 0 Å². The summed E-state index contributed by atoms with van der Waals surface area (Å²) in [6.45, 7) is 1.13. The third-order valence-electron chi connectivity index (χ3n) is 6.25. The van der Waals surface area contributed by atoms with Crippen molar-refractivity contribution in [2.24, 2.45) is 0 Å². The number of nitriles is 1. The Bertz CT molecular complexity index is 1070. The molecule has 11 heteroatoms. The van der Waals surface area contributed by atoms with Crippen LogP contribution in [0.5, 0.6) is 0 Å². The first-order valence-electron chi connectivity index (χ1n) is 12.4. The van der Waals surface area contributed by atoms with E-state index in [1.807, 2.05) is 18.4 Å². The van der Waals surface area contributed by atoms with Gasteiger partial charge in [0.25, 0.3) is 0 Å². The first-order chi connectivity index (χ1) is 18.0. The number of esters is 1. The lowest BCUT2D eigenvalue weighted by molar-refractivity contribution is -0.150. The number of likely N-dealkylation sites (tertiary alicyclic amines) is 1. The first-order valence-corrected chi connectivity index (χ1v) is 13.8. The highest BCUT2D eigenvalue weighted by Crippen LogP contribution is 2.19. The number of H-pyrrole nitrogens is 1. The molecule has 10 nitrogen and oxygen atoms in total. The van der Waals surface area contributed by atoms with Crippen molar-refractivity contribution in [3.8, 4) is 6.07 Å². The van der Waals surface area contributed by atoms with Gasteiger partial charge >= 0.3 is 5.97 Å². The zero-order valence-electron chi connectivity index (χ0n) is 21.1. The molecule has 0 bridgehead atoms. The lowest BCUT2D eigenvalue weighted by atomic mass is 10.1. The van der Waals surface area contributed by atoms with Crippen molar-refractivity contribution >= 4 is 29.5 Å². The molecular formula is C26H34N6O4S. The Morgan fingerprint density at radius 1 is 1.35 bits per heavy atom. The number of hydrogen-bond donors (Lipinski definition) is 3. The predicted octanol–water partition coefficient (Wildman–Crippen LogP) is 1.78. The largest absolute Gasteiger partial charge is 0.462 e. The summed E-state index contributed by atoms with van der Waals surface area (Å²) in [5.74, 6) is -0.0996. The third-order valence-corrected chi connectivity index (χ3v) is 6.89. The third kappa shape index (κ3) is 8.91. The number of imidazole rings is 1. The normalized spacial score (nSPS) is 15.7. The lowest BCUT2D eigenvalue weighted by Crippen LogP contribution is -2.46. The van der Waals surface area contributed by atoms with Crippen molar-refractivity contribution in [2.45, 2.75) is 50.7 Å². The molecule has 2 heterocycles. The molecule has 2 amide bonds. The molecule has 2 aromatic rings. The van der Waals surface area contributed by atoms with Crippen LogP contribution in [0.4, 0.5) is 0 Å². The second-order valence-corrected chi connectivity index (χ2v) is 9.85. The van der Waals surface area contributed by atoms with Gasteiger partial charge in [0.1, 0.15) is 12.6 Å². The number of nitrogens with one attached hydrogen (secondary N) is 3. The number of ether oxygens (including phenoxy) is 1. The highest BCUT2D eigenvalue weighted by atomic mass is 32.2. The maximum absolute atomic E-state index is 12.9. The van der Waals surface area contributed by atoms with Gasteiger partial charge in [0, 0.05) is 31.4 Å². The highest BCUT2D eigenvalue weighted by Gasteiger charge is 2.31. The summed E-state index contributed by atoms with van der Waals surface area (Å²) in [5.41, 5.74) is 2.26. The number of thioether (sulfide) groups is 1. The average Bonchev–Trinajstić information content (AvgIpc) is 3.61. The van der Waals surface area contributed by atoms with Gasteiger partial charge in [0.05, 0.1) is 30.5 Å². The predicted molar refractivity (Wildman–Crippen MR) is 140 cm³/mol. The van der Waals surface area contributed by atoms with Crippen molar-refractivity contribution in [1.82, 2.24) is 25.5 Å². The van der Waals surface area contributed by atoms with Gasteiger partial charge in [-0.1, -0.05) is 18.2 Å². The van der Waals surface area contributed by atoms with E-state index in [-0.39, 0.29) is 31.0 Å². The van der Waals surface area contributed by atoms with E-state index in [0.717, 1.165) is 24.1 Å². The minimum absolute atomic E-state index is 0.00401. The topological polar surface area (TPSA) is 140 Å². The van der Waals surface area contributed by atoms with E-state index in [0.29, 0.717) is 43.7 Å². The van der Waals surface area contributed by atoms with Gasteiger partial charge in [0.2, 0.25) is 11.8 Å². The molecule has 0 radical (unpaired) electrons. The minimum Gasteiger partial charge on any atom is -0.462 e. The fourth-order valence-corrected chi connectivity index (χ4v) is 4.72. The van der Waals surface area contributed by atoms with Crippen LogP contribution in [-0.4, -0.2) is 76.4 Å². The zero-order chi connectivity index (χ0) is 26.5. The van der Waals surface area contributed by atoms with Crippen LogP contribution >= 0.6 is 11.8 Å². The number of aromatic nitrogens is 2. The molecule has 2 atom stereocenters. The SMILES string of the molecule is CSCCC(NC(=O)CNCc1ccccc1C#N)C(=O)OC[C@@H]1CCCN1C(=O)CCc1cnc[nH]1. The maximum atomic E-state index is 12.9. The van der Waals surface area contributed by atoms with Gasteiger partial charge < -0.3 is 25.3 Å². The number of carbonyl (C=O) groups excluding carboxylic acids is 3. The van der Waals surface area contributed by atoms with Crippen molar-refractivity contribution in [1.29, 1.82) is 5.26 Å².